The monoisotopic (exact) mass is 601 g/mol. The number of rotatable bonds is 11. The molecule has 0 aromatic heterocycles. The maximum absolute atomic E-state index is 13.3. The van der Waals surface area contributed by atoms with Crippen molar-refractivity contribution in [3.8, 4) is 11.5 Å². The van der Waals surface area contributed by atoms with E-state index in [0.717, 1.165) is 4.90 Å². The summed E-state index contributed by atoms with van der Waals surface area (Å²) in [5.74, 6) is 0.0446. The molecule has 0 spiro atoms. The minimum Gasteiger partial charge on any atom is -0.497 e. The van der Waals surface area contributed by atoms with Crippen molar-refractivity contribution in [1.82, 2.24) is 5.32 Å². The largest absolute Gasteiger partial charge is 0.497 e. The van der Waals surface area contributed by atoms with Gasteiger partial charge in [-0.05, 0) is 66.2 Å². The Morgan fingerprint density at radius 1 is 0.833 bits per heavy atom. The van der Waals surface area contributed by atoms with Crippen LogP contribution in [0.4, 0.5) is 11.4 Å². The van der Waals surface area contributed by atoms with Gasteiger partial charge in [0.2, 0.25) is 5.91 Å². The molecule has 0 saturated heterocycles. The zero-order valence-corrected chi connectivity index (χ0v) is 24.4. The molecule has 4 aromatic rings. The molecule has 3 amide bonds. The van der Waals surface area contributed by atoms with E-state index in [9.17, 15) is 14.4 Å². The minimum absolute atomic E-state index is 0.0389. The summed E-state index contributed by atoms with van der Waals surface area (Å²) < 4.78 is 10.5. The molecule has 0 radical (unpaired) electrons. The normalized spacial score (nSPS) is 10.9. The number of ether oxygens (including phenoxy) is 2. The lowest BCUT2D eigenvalue weighted by Gasteiger charge is -2.13. The van der Waals surface area contributed by atoms with Crippen LogP contribution in [0.25, 0.3) is 6.08 Å². The van der Waals surface area contributed by atoms with Crippen molar-refractivity contribution in [2.75, 3.05) is 30.6 Å². The number of carbonyl (C=O) groups excluding carboxylic acids is 3. The molecule has 0 atom stereocenters. The van der Waals surface area contributed by atoms with E-state index >= 15 is 0 Å². The van der Waals surface area contributed by atoms with E-state index in [0.29, 0.717) is 39.0 Å². The van der Waals surface area contributed by atoms with Gasteiger partial charge in [0.1, 0.15) is 17.2 Å². The average Bonchev–Trinajstić information content (AvgIpc) is 3.00. The quantitative estimate of drug-likeness (QED) is 0.134. The van der Waals surface area contributed by atoms with Gasteiger partial charge >= 0.3 is 0 Å². The molecular weight excluding hydrogens is 574 g/mol. The van der Waals surface area contributed by atoms with Crippen LogP contribution < -0.4 is 25.4 Å². The van der Waals surface area contributed by atoms with Crippen molar-refractivity contribution < 1.29 is 23.9 Å². The fourth-order valence-electron chi connectivity index (χ4n) is 3.80. The summed E-state index contributed by atoms with van der Waals surface area (Å²) in [6, 6.07) is 27.7. The van der Waals surface area contributed by atoms with E-state index in [1.807, 2.05) is 6.07 Å². The number of thioether (sulfide) groups is 1. The molecule has 0 aliphatic rings. The van der Waals surface area contributed by atoms with Crippen LogP contribution in [0.3, 0.4) is 0 Å². The van der Waals surface area contributed by atoms with Gasteiger partial charge in [-0.15, -0.1) is 11.8 Å². The van der Waals surface area contributed by atoms with Crippen LogP contribution >= 0.6 is 23.4 Å². The highest BCUT2D eigenvalue weighted by molar-refractivity contribution is 8.00. The van der Waals surface area contributed by atoms with Gasteiger partial charge in [-0.3, -0.25) is 14.4 Å². The Bertz CT molecular complexity index is 1610. The Kier molecular flexibility index (Phi) is 10.6. The van der Waals surface area contributed by atoms with Crippen LogP contribution in [0.1, 0.15) is 15.9 Å². The Balaban J connectivity index is 1.44. The van der Waals surface area contributed by atoms with Crippen LogP contribution in [0.15, 0.2) is 108 Å². The third kappa shape index (κ3) is 8.63. The van der Waals surface area contributed by atoms with Gasteiger partial charge in [-0.2, -0.15) is 0 Å². The lowest BCUT2D eigenvalue weighted by Crippen LogP contribution is -2.30. The van der Waals surface area contributed by atoms with Crippen molar-refractivity contribution in [3.05, 3.63) is 119 Å². The number of carbonyl (C=O) groups is 3. The van der Waals surface area contributed by atoms with Crippen LogP contribution in [-0.4, -0.2) is 37.7 Å². The second kappa shape index (κ2) is 14.8. The van der Waals surface area contributed by atoms with E-state index in [1.54, 1.807) is 104 Å². The van der Waals surface area contributed by atoms with E-state index in [2.05, 4.69) is 16.0 Å². The standard InChI is InChI=1S/C32H28ClN3O5S/c1-40-25-14-15-27(29(19-25)41-2)35-30(37)20-42-26-13-7-12-24(18-26)34-32(39)28(17-21-8-6-11-23(33)16-21)36-31(38)22-9-4-3-5-10-22/h3-19H,20H2,1-2H3,(H,34,39)(H,35,37)(H,36,38)/b28-17-. The van der Waals surface area contributed by atoms with Gasteiger partial charge in [-0.1, -0.05) is 48.0 Å². The van der Waals surface area contributed by atoms with Crippen molar-refractivity contribution in [3.63, 3.8) is 0 Å². The molecule has 0 aliphatic carbocycles. The third-order valence-corrected chi connectivity index (χ3v) is 7.06. The molecule has 0 heterocycles. The van der Waals surface area contributed by atoms with Crippen molar-refractivity contribution >= 4 is 58.5 Å². The van der Waals surface area contributed by atoms with E-state index in [-0.39, 0.29) is 17.4 Å². The highest BCUT2D eigenvalue weighted by atomic mass is 35.5. The number of hydrogen-bond acceptors (Lipinski definition) is 6. The van der Waals surface area contributed by atoms with Gasteiger partial charge < -0.3 is 25.4 Å². The number of halogens is 1. The Morgan fingerprint density at radius 2 is 1.62 bits per heavy atom. The first kappa shape index (κ1) is 30.2. The molecule has 4 rings (SSSR count). The van der Waals surface area contributed by atoms with E-state index in [1.165, 1.54) is 18.9 Å². The number of benzene rings is 4. The Morgan fingerprint density at radius 3 is 2.36 bits per heavy atom. The molecule has 0 bridgehead atoms. The van der Waals surface area contributed by atoms with Crippen LogP contribution in [0.5, 0.6) is 11.5 Å². The molecule has 0 aliphatic heterocycles. The number of amides is 3. The number of nitrogens with one attached hydrogen (secondary N) is 3. The highest BCUT2D eigenvalue weighted by Gasteiger charge is 2.16. The lowest BCUT2D eigenvalue weighted by molar-refractivity contribution is -0.114. The molecule has 3 N–H and O–H groups in total. The fourth-order valence-corrected chi connectivity index (χ4v) is 4.76. The van der Waals surface area contributed by atoms with Gasteiger partial charge in [-0.25, -0.2) is 0 Å². The Hall–Kier alpha value is -4.73. The number of anilines is 2. The van der Waals surface area contributed by atoms with E-state index < -0.39 is 11.8 Å². The predicted molar refractivity (Wildman–Crippen MR) is 167 cm³/mol. The summed E-state index contributed by atoms with van der Waals surface area (Å²) in [7, 11) is 3.07. The second-order valence-electron chi connectivity index (χ2n) is 8.82. The summed E-state index contributed by atoms with van der Waals surface area (Å²) in [6.07, 6.45) is 1.55. The van der Waals surface area contributed by atoms with Crippen LogP contribution in [0, 0.1) is 0 Å². The van der Waals surface area contributed by atoms with Crippen LogP contribution in [0.2, 0.25) is 5.02 Å². The number of methoxy groups -OCH3 is 2. The zero-order valence-electron chi connectivity index (χ0n) is 22.8. The summed E-state index contributed by atoms with van der Waals surface area (Å²) in [4.78, 5) is 39.6. The molecular formula is C32H28ClN3O5S. The van der Waals surface area contributed by atoms with Gasteiger partial charge in [0.25, 0.3) is 11.8 Å². The Labute approximate surface area is 253 Å². The second-order valence-corrected chi connectivity index (χ2v) is 10.3. The minimum atomic E-state index is -0.522. The fraction of sp³-hybridized carbons (Fsp3) is 0.0938. The molecule has 214 valence electrons. The summed E-state index contributed by atoms with van der Waals surface area (Å²) in [5, 5.41) is 8.87. The van der Waals surface area contributed by atoms with Crippen molar-refractivity contribution in [2.45, 2.75) is 4.90 Å². The SMILES string of the molecule is COc1ccc(NC(=O)CSc2cccc(NC(=O)/C(=C/c3cccc(Cl)c3)NC(=O)c3ccccc3)c2)c(OC)c1. The molecule has 0 unspecified atom stereocenters. The molecule has 8 nitrogen and oxygen atoms in total. The smallest absolute Gasteiger partial charge is 0.272 e. The van der Waals surface area contributed by atoms with Crippen molar-refractivity contribution in [2.24, 2.45) is 0 Å². The molecule has 42 heavy (non-hydrogen) atoms. The highest BCUT2D eigenvalue weighted by Crippen LogP contribution is 2.29. The molecule has 0 fully saturated rings. The maximum Gasteiger partial charge on any atom is 0.272 e. The first-order valence-corrected chi connectivity index (χ1v) is 14.1. The molecule has 0 saturated carbocycles. The van der Waals surface area contributed by atoms with Gasteiger partial charge in [0.05, 0.1) is 25.7 Å². The van der Waals surface area contributed by atoms with Crippen molar-refractivity contribution in [1.29, 1.82) is 0 Å². The van der Waals surface area contributed by atoms with E-state index in [4.69, 9.17) is 21.1 Å². The zero-order chi connectivity index (χ0) is 29.9. The first-order valence-electron chi connectivity index (χ1n) is 12.7. The summed E-state index contributed by atoms with van der Waals surface area (Å²) in [6.45, 7) is 0. The number of hydrogen-bond donors (Lipinski definition) is 3. The summed E-state index contributed by atoms with van der Waals surface area (Å²) in [5.41, 5.74) is 2.11. The lowest BCUT2D eigenvalue weighted by atomic mass is 10.1. The molecule has 4 aromatic carbocycles. The average molecular weight is 602 g/mol. The topological polar surface area (TPSA) is 106 Å². The first-order chi connectivity index (χ1) is 20.3. The third-order valence-electron chi connectivity index (χ3n) is 5.83. The van der Waals surface area contributed by atoms with Crippen LogP contribution in [-0.2, 0) is 9.59 Å². The summed E-state index contributed by atoms with van der Waals surface area (Å²) >= 11 is 7.42. The maximum atomic E-state index is 13.3. The van der Waals surface area contributed by atoms with Gasteiger partial charge in [0, 0.05) is 27.2 Å². The van der Waals surface area contributed by atoms with Gasteiger partial charge in [0.15, 0.2) is 0 Å². The molecule has 10 heteroatoms. The predicted octanol–water partition coefficient (Wildman–Crippen LogP) is 6.50.